The molecule has 0 unspecified atom stereocenters. The molecule has 3 heterocycles. The molecule has 3 aromatic heterocycles. The third kappa shape index (κ3) is 7.38. The van der Waals surface area contributed by atoms with Gasteiger partial charge in [-0.05, 0) is 53.7 Å². The summed E-state index contributed by atoms with van der Waals surface area (Å²) in [6.07, 6.45) is 0. The summed E-state index contributed by atoms with van der Waals surface area (Å²) >= 11 is 0. The van der Waals surface area contributed by atoms with Gasteiger partial charge in [0.2, 0.25) is 0 Å². The second-order valence-electron chi connectivity index (χ2n) is 11.9. The van der Waals surface area contributed by atoms with E-state index in [1.54, 1.807) is 0 Å². The molecule has 9 nitrogen and oxygen atoms in total. The third-order valence-electron chi connectivity index (χ3n) is 6.84. The van der Waals surface area contributed by atoms with Crippen LogP contribution in [-0.2, 0) is 17.1 Å². The Labute approximate surface area is 239 Å². The van der Waals surface area contributed by atoms with Crippen molar-refractivity contribution in [3.63, 3.8) is 0 Å². The van der Waals surface area contributed by atoms with Crippen molar-refractivity contribution in [2.24, 2.45) is 5.34 Å². The van der Waals surface area contributed by atoms with Gasteiger partial charge in [-0.25, -0.2) is 15.3 Å². The normalized spacial score (nSPS) is 11.8. The molecule has 0 aliphatic rings. The molecule has 11 heteroatoms. The number of hydrogen-bond donors (Lipinski definition) is 0. The molecule has 0 aliphatic heterocycles. The third-order valence-corrected chi connectivity index (χ3v) is 6.84. The van der Waals surface area contributed by atoms with Crippen LogP contribution in [0.4, 0.5) is 0 Å². The standard InChI is InChI=1S/C27H46BN6.Cu.HNO2/c1-16(2)22-13-25(19(7)8)32(29-22)28(33-26(20(9)10)14-23(30-33)17(3)4)34-27(21(11)12)15-24(31-34)18(5)6;;2-1-3/h13-21,28H,1-12H3;;(H,2,3)/q-1;+2;/p-1. The average molecular weight is 575 g/mol. The Hall–Kier alpha value is -2.39. The van der Waals surface area contributed by atoms with Crippen LogP contribution in [0.3, 0.4) is 0 Å². The Morgan fingerprint density at radius 1 is 0.579 bits per heavy atom. The minimum atomic E-state index is -1.46. The van der Waals surface area contributed by atoms with E-state index >= 15 is 0 Å². The zero-order valence-electron chi connectivity index (χ0n) is 25.2. The zero-order chi connectivity index (χ0) is 28.2. The molecular formula is C27H46BCuN7O2. The summed E-state index contributed by atoms with van der Waals surface area (Å²) in [6.45, 7) is 26.8. The average Bonchev–Trinajstić information content (AvgIpc) is 3.52. The molecule has 0 aliphatic carbocycles. The van der Waals surface area contributed by atoms with Gasteiger partial charge in [0.05, 0.1) is 17.1 Å². The Balaban J connectivity index is 0.00000172. The molecule has 0 spiro atoms. The molecule has 0 fully saturated rings. The summed E-state index contributed by atoms with van der Waals surface area (Å²) in [7, 11) is -1.46. The van der Waals surface area contributed by atoms with Gasteiger partial charge in [-0.1, -0.05) is 83.1 Å². The maximum absolute atomic E-state index is 8.00. The van der Waals surface area contributed by atoms with Crippen molar-refractivity contribution in [2.75, 3.05) is 0 Å². The van der Waals surface area contributed by atoms with Crippen molar-refractivity contribution >= 4 is 7.12 Å². The van der Waals surface area contributed by atoms with Crippen molar-refractivity contribution in [1.29, 1.82) is 0 Å². The van der Waals surface area contributed by atoms with E-state index in [1.807, 2.05) is 0 Å². The molecule has 38 heavy (non-hydrogen) atoms. The van der Waals surface area contributed by atoms with Crippen LogP contribution in [0.15, 0.2) is 23.5 Å². The first-order valence-electron chi connectivity index (χ1n) is 13.6. The number of nitrogens with zero attached hydrogens (tertiary/aromatic N) is 7. The van der Waals surface area contributed by atoms with Crippen LogP contribution in [0.2, 0.25) is 0 Å². The van der Waals surface area contributed by atoms with E-state index in [9.17, 15) is 0 Å². The minimum Gasteiger partial charge on any atom is -0.444 e. The van der Waals surface area contributed by atoms with Gasteiger partial charge in [0.15, 0.2) is 0 Å². The van der Waals surface area contributed by atoms with Crippen LogP contribution >= 0.6 is 0 Å². The Kier molecular flexibility index (Phi) is 12.5. The smallest absolute Gasteiger partial charge is 0.444 e. The van der Waals surface area contributed by atoms with Crippen LogP contribution in [0, 0.1) is 10.1 Å². The Morgan fingerprint density at radius 3 is 0.947 bits per heavy atom. The molecule has 0 N–H and O–H groups in total. The van der Waals surface area contributed by atoms with Gasteiger partial charge in [-0.3, -0.25) is 0 Å². The van der Waals surface area contributed by atoms with E-state index in [4.69, 9.17) is 25.4 Å². The molecule has 1 radical (unpaired) electrons. The largest absolute Gasteiger partial charge is 2.00 e. The Morgan fingerprint density at radius 2 is 0.789 bits per heavy atom. The van der Waals surface area contributed by atoms with Crippen molar-refractivity contribution in [1.82, 2.24) is 29.1 Å². The SMILES string of the molecule is CC(C)c1cc(C(C)C)n([BH-](n2nc(C(C)C)cc2C(C)C)n2nc(C(C)C)cc2C(C)C)n1.O=N[O-].[Cu+2]. The van der Waals surface area contributed by atoms with Gasteiger partial charge in [0, 0.05) is 17.1 Å². The van der Waals surface area contributed by atoms with Gasteiger partial charge in [0.1, 0.15) is 0 Å². The summed E-state index contributed by atoms with van der Waals surface area (Å²) in [6, 6.07) is 6.87. The van der Waals surface area contributed by atoms with Crippen LogP contribution in [-0.4, -0.2) is 36.2 Å². The van der Waals surface area contributed by atoms with E-state index in [1.165, 1.54) is 17.1 Å². The van der Waals surface area contributed by atoms with Crippen LogP contribution in [0.25, 0.3) is 0 Å². The summed E-state index contributed by atoms with van der Waals surface area (Å²) < 4.78 is 6.81. The molecule has 215 valence electrons. The van der Waals surface area contributed by atoms with Crippen LogP contribution in [0.5, 0.6) is 0 Å². The summed E-state index contributed by atoms with van der Waals surface area (Å²) in [5, 5.41) is 24.7. The van der Waals surface area contributed by atoms with Crippen molar-refractivity contribution in [3.8, 4) is 0 Å². The van der Waals surface area contributed by atoms with Gasteiger partial charge in [-0.15, -0.1) is 5.34 Å². The fourth-order valence-corrected chi connectivity index (χ4v) is 4.66. The second-order valence-corrected chi connectivity index (χ2v) is 11.9. The van der Waals surface area contributed by atoms with E-state index in [0.29, 0.717) is 35.5 Å². The van der Waals surface area contributed by atoms with Gasteiger partial charge < -0.3 is 23.9 Å². The topological polar surface area (TPSA) is 106 Å². The molecular weight excluding hydrogens is 529 g/mol. The number of aromatic nitrogens is 6. The number of rotatable bonds is 9. The molecule has 3 aromatic rings. The van der Waals surface area contributed by atoms with E-state index < -0.39 is 7.12 Å². The molecule has 0 atom stereocenters. The molecule has 0 saturated heterocycles. The fraction of sp³-hybridized carbons (Fsp3) is 0.667. The first-order valence-corrected chi connectivity index (χ1v) is 13.6. The predicted octanol–water partition coefficient (Wildman–Crippen LogP) is 6.93. The molecule has 0 saturated carbocycles. The van der Waals surface area contributed by atoms with E-state index in [2.05, 4.69) is 115 Å². The predicted molar refractivity (Wildman–Crippen MR) is 154 cm³/mol. The number of hydrogen-bond acceptors (Lipinski definition) is 6. The molecule has 3 rings (SSSR count). The van der Waals surface area contributed by atoms with Crippen LogP contribution in [0.1, 0.15) is 153 Å². The van der Waals surface area contributed by atoms with E-state index in [0.717, 1.165) is 22.4 Å². The van der Waals surface area contributed by atoms with E-state index in [-0.39, 0.29) is 17.1 Å². The maximum atomic E-state index is 8.00. The maximum Gasteiger partial charge on any atom is 2.00 e. The minimum absolute atomic E-state index is 0. The monoisotopic (exact) mass is 574 g/mol. The molecule has 0 amide bonds. The first-order chi connectivity index (χ1) is 17.2. The van der Waals surface area contributed by atoms with Crippen molar-refractivity contribution in [2.45, 2.75) is 119 Å². The van der Waals surface area contributed by atoms with Crippen molar-refractivity contribution in [3.05, 3.63) is 62.5 Å². The fourth-order valence-electron chi connectivity index (χ4n) is 4.66. The molecule has 0 bridgehead atoms. The van der Waals surface area contributed by atoms with Gasteiger partial charge in [0.25, 0.3) is 0 Å². The quantitative estimate of drug-likeness (QED) is 0.156. The Bertz CT molecular complexity index is 1020. The first kappa shape index (κ1) is 33.6. The van der Waals surface area contributed by atoms with Gasteiger partial charge in [-0.2, -0.15) is 0 Å². The van der Waals surface area contributed by atoms with Crippen LogP contribution < -0.4 is 0 Å². The zero-order valence-corrected chi connectivity index (χ0v) is 26.1. The summed E-state index contributed by atoms with van der Waals surface area (Å²) in [4.78, 5) is 8.00. The second kappa shape index (κ2) is 14.1. The molecule has 0 aromatic carbocycles. The summed E-state index contributed by atoms with van der Waals surface area (Å²) in [5.41, 5.74) is 7.13. The summed E-state index contributed by atoms with van der Waals surface area (Å²) in [5.74, 6) is 2.13. The van der Waals surface area contributed by atoms with Crippen molar-refractivity contribution < 1.29 is 17.1 Å². The van der Waals surface area contributed by atoms with Gasteiger partial charge >= 0.3 is 24.2 Å².